The zero-order valence-electron chi connectivity index (χ0n) is 13.3. The number of carbonyl (C=O) groups is 1. The van der Waals surface area contributed by atoms with E-state index < -0.39 is 16.1 Å². The molecule has 0 aliphatic heterocycles. The number of hydrogen-bond acceptors (Lipinski definition) is 3. The highest BCUT2D eigenvalue weighted by molar-refractivity contribution is 7.90. The minimum Gasteiger partial charge on any atom is -0.337 e. The molecule has 0 aliphatic carbocycles. The zero-order chi connectivity index (χ0) is 17.6. The van der Waals surface area contributed by atoms with E-state index in [9.17, 15) is 13.2 Å². The Labute approximate surface area is 147 Å². The van der Waals surface area contributed by atoms with E-state index in [-0.39, 0.29) is 9.92 Å². The molecule has 0 fully saturated rings. The minimum atomic E-state index is -4.10. The summed E-state index contributed by atoms with van der Waals surface area (Å²) in [5.41, 5.74) is 1.14. The molecular formula is C17H19ClN2O3S. The van der Waals surface area contributed by atoms with Crippen molar-refractivity contribution < 1.29 is 13.2 Å². The van der Waals surface area contributed by atoms with E-state index in [0.717, 1.165) is 12.8 Å². The van der Waals surface area contributed by atoms with Crippen LogP contribution < -0.4 is 10.0 Å². The summed E-state index contributed by atoms with van der Waals surface area (Å²) in [5.74, 6) is 0. The monoisotopic (exact) mass is 366 g/mol. The molecule has 24 heavy (non-hydrogen) atoms. The maximum atomic E-state index is 12.6. The summed E-state index contributed by atoms with van der Waals surface area (Å²) in [4.78, 5) is 11.7. The Hall–Kier alpha value is -2.05. The highest BCUT2D eigenvalue weighted by atomic mass is 35.5. The maximum absolute atomic E-state index is 12.6. The lowest BCUT2D eigenvalue weighted by atomic mass is 10.1. The molecule has 0 heterocycles. The summed E-state index contributed by atoms with van der Waals surface area (Å²) in [6.45, 7) is 2.39. The summed E-state index contributed by atoms with van der Waals surface area (Å²) in [7, 11) is -4.10. The predicted octanol–water partition coefficient (Wildman–Crippen LogP) is 3.80. The van der Waals surface area contributed by atoms with Crippen LogP contribution in [0.4, 0.5) is 4.79 Å². The Morgan fingerprint density at radius 1 is 1.08 bits per heavy atom. The molecule has 0 aliphatic rings. The lowest BCUT2D eigenvalue weighted by Crippen LogP contribution is -2.40. The quantitative estimate of drug-likeness (QED) is 0.763. The van der Waals surface area contributed by atoms with E-state index in [0.29, 0.717) is 17.7 Å². The number of sulfonamides is 1. The van der Waals surface area contributed by atoms with Crippen LogP contribution in [-0.4, -0.2) is 21.0 Å². The number of nitrogens with one attached hydrogen (secondary N) is 2. The van der Waals surface area contributed by atoms with Crippen LogP contribution in [0, 0.1) is 0 Å². The van der Waals surface area contributed by atoms with Gasteiger partial charge in [0, 0.05) is 12.1 Å². The van der Waals surface area contributed by atoms with Gasteiger partial charge in [0.2, 0.25) is 0 Å². The first-order chi connectivity index (χ1) is 11.5. The summed E-state index contributed by atoms with van der Waals surface area (Å²) < 4.78 is 27.3. The van der Waals surface area contributed by atoms with Gasteiger partial charge in [-0.25, -0.2) is 17.9 Å². The van der Waals surface area contributed by atoms with Crippen molar-refractivity contribution in [1.29, 1.82) is 0 Å². The number of carbonyl (C=O) groups excluding carboxylic acids is 1. The molecule has 0 bridgehead atoms. The molecule has 0 atom stereocenters. The molecule has 0 radical (unpaired) electrons. The van der Waals surface area contributed by atoms with E-state index >= 15 is 0 Å². The SMILES string of the molecule is CCCCNC(=O)NS(=O)(=O)c1c(Cl)cccc1-c1ccccc1. The van der Waals surface area contributed by atoms with Crippen LogP contribution in [0.15, 0.2) is 53.4 Å². The van der Waals surface area contributed by atoms with Crippen LogP contribution in [0.3, 0.4) is 0 Å². The second kappa shape index (κ2) is 8.17. The maximum Gasteiger partial charge on any atom is 0.328 e. The van der Waals surface area contributed by atoms with Crippen molar-refractivity contribution in [3.05, 3.63) is 53.6 Å². The van der Waals surface area contributed by atoms with Crippen LogP contribution in [0.2, 0.25) is 5.02 Å². The van der Waals surface area contributed by atoms with Crippen molar-refractivity contribution >= 4 is 27.7 Å². The van der Waals surface area contributed by atoms with Gasteiger partial charge < -0.3 is 5.32 Å². The summed E-state index contributed by atoms with van der Waals surface area (Å²) in [6, 6.07) is 13.1. The standard InChI is InChI=1S/C17H19ClN2O3S/c1-2-3-12-19-17(21)20-24(22,23)16-14(10-7-11-15(16)18)13-8-5-4-6-9-13/h4-11H,2-3,12H2,1H3,(H2,19,20,21). The molecular weight excluding hydrogens is 348 g/mol. The third kappa shape index (κ3) is 4.49. The molecule has 0 spiro atoms. The number of hydrogen-bond donors (Lipinski definition) is 2. The molecule has 128 valence electrons. The average Bonchev–Trinajstić information content (AvgIpc) is 2.55. The van der Waals surface area contributed by atoms with Crippen molar-refractivity contribution in [3.63, 3.8) is 0 Å². The van der Waals surface area contributed by atoms with Gasteiger partial charge in [0.15, 0.2) is 0 Å². The van der Waals surface area contributed by atoms with Crippen molar-refractivity contribution in [1.82, 2.24) is 10.0 Å². The van der Waals surface area contributed by atoms with Crippen LogP contribution in [0.5, 0.6) is 0 Å². The Bertz CT molecular complexity index is 808. The van der Waals surface area contributed by atoms with Gasteiger partial charge in [-0.3, -0.25) is 0 Å². The number of halogens is 1. The molecule has 2 aromatic rings. The number of unbranched alkanes of at least 4 members (excludes halogenated alkanes) is 1. The van der Waals surface area contributed by atoms with Crippen molar-refractivity contribution in [2.24, 2.45) is 0 Å². The normalized spacial score (nSPS) is 11.1. The van der Waals surface area contributed by atoms with Gasteiger partial charge in [-0.05, 0) is 18.1 Å². The summed E-state index contributed by atoms with van der Waals surface area (Å²) >= 11 is 6.12. The molecule has 2 amide bonds. The lowest BCUT2D eigenvalue weighted by molar-refractivity contribution is 0.245. The van der Waals surface area contributed by atoms with Crippen LogP contribution in [0.1, 0.15) is 19.8 Å². The van der Waals surface area contributed by atoms with E-state index in [4.69, 9.17) is 11.6 Å². The molecule has 0 saturated heterocycles. The van der Waals surface area contributed by atoms with E-state index in [2.05, 4.69) is 5.32 Å². The lowest BCUT2D eigenvalue weighted by Gasteiger charge is -2.14. The second-order valence-corrected chi connectivity index (χ2v) is 7.22. The molecule has 2 N–H and O–H groups in total. The summed E-state index contributed by atoms with van der Waals surface area (Å²) in [5, 5.41) is 2.58. The Morgan fingerprint density at radius 2 is 1.79 bits per heavy atom. The Balaban J connectivity index is 2.35. The van der Waals surface area contributed by atoms with Crippen molar-refractivity contribution in [3.8, 4) is 11.1 Å². The fraction of sp³-hybridized carbons (Fsp3) is 0.235. The molecule has 2 rings (SSSR count). The molecule has 2 aromatic carbocycles. The van der Waals surface area contributed by atoms with E-state index in [1.807, 2.05) is 17.7 Å². The van der Waals surface area contributed by atoms with Crippen LogP contribution in [-0.2, 0) is 10.0 Å². The van der Waals surface area contributed by atoms with E-state index in [1.165, 1.54) is 6.07 Å². The molecule has 7 heteroatoms. The highest BCUT2D eigenvalue weighted by Gasteiger charge is 2.24. The molecule has 0 aromatic heterocycles. The fourth-order valence-corrected chi connectivity index (χ4v) is 3.91. The predicted molar refractivity (Wildman–Crippen MR) is 95.5 cm³/mol. The van der Waals surface area contributed by atoms with Gasteiger partial charge in [-0.15, -0.1) is 0 Å². The number of amides is 2. The van der Waals surface area contributed by atoms with Gasteiger partial charge in [0.25, 0.3) is 10.0 Å². The van der Waals surface area contributed by atoms with Gasteiger partial charge in [-0.2, -0.15) is 0 Å². The number of rotatable bonds is 6. The molecule has 0 unspecified atom stereocenters. The van der Waals surface area contributed by atoms with Crippen LogP contribution >= 0.6 is 11.6 Å². The third-order valence-corrected chi connectivity index (χ3v) is 5.22. The Kier molecular flexibility index (Phi) is 6.23. The second-order valence-electron chi connectivity index (χ2n) is 5.20. The largest absolute Gasteiger partial charge is 0.337 e. The van der Waals surface area contributed by atoms with Crippen molar-refractivity contribution in [2.45, 2.75) is 24.7 Å². The smallest absolute Gasteiger partial charge is 0.328 e. The fourth-order valence-electron chi connectivity index (χ4n) is 2.21. The first kappa shape index (κ1) is 18.3. The van der Waals surface area contributed by atoms with Gasteiger partial charge in [-0.1, -0.05) is 67.4 Å². The Morgan fingerprint density at radius 3 is 2.46 bits per heavy atom. The summed E-state index contributed by atoms with van der Waals surface area (Å²) in [6.07, 6.45) is 1.67. The highest BCUT2D eigenvalue weighted by Crippen LogP contribution is 2.32. The molecule has 5 nitrogen and oxygen atoms in total. The molecule has 0 saturated carbocycles. The van der Waals surface area contributed by atoms with Crippen molar-refractivity contribution in [2.75, 3.05) is 6.54 Å². The van der Waals surface area contributed by atoms with Gasteiger partial charge in [0.05, 0.1) is 5.02 Å². The van der Waals surface area contributed by atoms with Gasteiger partial charge in [0.1, 0.15) is 4.90 Å². The zero-order valence-corrected chi connectivity index (χ0v) is 14.8. The van der Waals surface area contributed by atoms with Crippen LogP contribution in [0.25, 0.3) is 11.1 Å². The minimum absolute atomic E-state index is 0.0604. The number of urea groups is 1. The van der Waals surface area contributed by atoms with E-state index in [1.54, 1.807) is 36.4 Å². The topological polar surface area (TPSA) is 75.3 Å². The van der Waals surface area contributed by atoms with Gasteiger partial charge >= 0.3 is 6.03 Å². The third-order valence-electron chi connectivity index (χ3n) is 3.36. The first-order valence-electron chi connectivity index (χ1n) is 7.60. The average molecular weight is 367 g/mol. The first-order valence-corrected chi connectivity index (χ1v) is 9.46. The number of benzene rings is 2.